The molecule has 1 aliphatic carbocycles. The molecule has 2 saturated heterocycles. The van der Waals surface area contributed by atoms with Crippen LogP contribution in [0.15, 0.2) is 18.2 Å². The summed E-state index contributed by atoms with van der Waals surface area (Å²) in [5.41, 5.74) is 2.82. The summed E-state index contributed by atoms with van der Waals surface area (Å²) in [6.45, 7) is 13.8. The van der Waals surface area contributed by atoms with Gasteiger partial charge in [-0.05, 0) is 94.0 Å². The lowest BCUT2D eigenvalue weighted by molar-refractivity contribution is 0.0845. The van der Waals surface area contributed by atoms with Crippen molar-refractivity contribution in [2.24, 2.45) is 17.8 Å². The largest absolute Gasteiger partial charge is 0.488 e. The minimum atomic E-state index is -0.0185. The maximum Gasteiger partial charge on any atom is 0.123 e. The number of hydrogen-bond acceptors (Lipinski definition) is 4. The van der Waals surface area contributed by atoms with Crippen LogP contribution in [-0.4, -0.2) is 61.3 Å². The summed E-state index contributed by atoms with van der Waals surface area (Å²) in [6.07, 6.45) is 7.65. The van der Waals surface area contributed by atoms with Gasteiger partial charge in [0, 0.05) is 32.8 Å². The molecule has 1 unspecified atom stereocenters. The van der Waals surface area contributed by atoms with Crippen molar-refractivity contribution in [1.82, 2.24) is 9.80 Å². The lowest BCUT2D eigenvalue weighted by Gasteiger charge is -2.33. The maximum atomic E-state index is 6.14. The monoisotopic (exact) mass is 412 g/mol. The molecule has 3 fully saturated rings. The Balaban J connectivity index is 0.994. The van der Waals surface area contributed by atoms with Crippen LogP contribution in [0.1, 0.15) is 57.1 Å². The van der Waals surface area contributed by atoms with Crippen molar-refractivity contribution >= 4 is 0 Å². The Kier molecular flexibility index (Phi) is 6.10. The van der Waals surface area contributed by atoms with E-state index in [9.17, 15) is 0 Å². The number of ether oxygens (including phenoxy) is 2. The van der Waals surface area contributed by atoms with Crippen LogP contribution in [0, 0.1) is 17.8 Å². The molecule has 1 aromatic carbocycles. The summed E-state index contributed by atoms with van der Waals surface area (Å²) < 4.78 is 12.2. The molecule has 3 aliphatic heterocycles. The summed E-state index contributed by atoms with van der Waals surface area (Å²) in [5, 5.41) is 0. The summed E-state index contributed by atoms with van der Waals surface area (Å²) in [6, 6.07) is 6.85. The van der Waals surface area contributed by atoms with Crippen LogP contribution in [-0.2, 0) is 17.7 Å². The Labute approximate surface area is 182 Å². The van der Waals surface area contributed by atoms with Gasteiger partial charge >= 0.3 is 0 Å². The van der Waals surface area contributed by atoms with E-state index in [1.807, 2.05) is 0 Å². The minimum absolute atomic E-state index is 0.0185. The van der Waals surface area contributed by atoms with Crippen molar-refractivity contribution in [2.75, 3.05) is 45.9 Å². The van der Waals surface area contributed by atoms with Crippen molar-refractivity contribution in [3.63, 3.8) is 0 Å². The third-order valence-corrected chi connectivity index (χ3v) is 7.88. The minimum Gasteiger partial charge on any atom is -0.488 e. The molecule has 30 heavy (non-hydrogen) atoms. The molecule has 4 heteroatoms. The number of fused-ring (bicyclic) bond motifs is 2. The number of rotatable bonds is 8. The van der Waals surface area contributed by atoms with Crippen molar-refractivity contribution < 1.29 is 9.47 Å². The zero-order valence-corrected chi connectivity index (χ0v) is 19.1. The lowest BCUT2D eigenvalue weighted by Crippen LogP contribution is -2.32. The van der Waals surface area contributed by atoms with Crippen LogP contribution in [0.3, 0.4) is 0 Å². The first-order valence-electron chi connectivity index (χ1n) is 12.4. The molecular weight excluding hydrogens is 372 g/mol. The second kappa shape index (κ2) is 8.80. The van der Waals surface area contributed by atoms with E-state index in [1.165, 1.54) is 69.5 Å². The topological polar surface area (TPSA) is 24.9 Å². The molecule has 1 saturated carbocycles. The third-order valence-electron chi connectivity index (χ3n) is 7.88. The van der Waals surface area contributed by atoms with Gasteiger partial charge in [-0.3, -0.25) is 4.90 Å². The molecule has 3 heterocycles. The molecule has 3 atom stereocenters. The number of nitrogens with zero attached hydrogens (tertiary/aromatic N) is 2. The van der Waals surface area contributed by atoms with Crippen LogP contribution in [0.5, 0.6) is 5.75 Å². The number of piperidine rings is 2. The number of aryl methyl sites for hydroxylation is 1. The third kappa shape index (κ3) is 4.87. The Morgan fingerprint density at radius 2 is 1.87 bits per heavy atom. The Hall–Kier alpha value is -1.10. The van der Waals surface area contributed by atoms with Gasteiger partial charge < -0.3 is 14.4 Å². The molecule has 0 bridgehead atoms. The van der Waals surface area contributed by atoms with Crippen molar-refractivity contribution in [2.45, 2.75) is 64.5 Å². The highest BCUT2D eigenvalue weighted by molar-refractivity contribution is 5.39. The Morgan fingerprint density at radius 3 is 2.67 bits per heavy atom. The van der Waals surface area contributed by atoms with Crippen LogP contribution in [0.2, 0.25) is 0 Å². The molecule has 166 valence electrons. The highest BCUT2D eigenvalue weighted by Crippen LogP contribution is 2.52. The van der Waals surface area contributed by atoms with E-state index in [4.69, 9.17) is 9.47 Å². The normalized spacial score (nSPS) is 30.5. The molecule has 0 N–H and O–H groups in total. The zero-order valence-electron chi connectivity index (χ0n) is 19.1. The van der Waals surface area contributed by atoms with Gasteiger partial charge in [0.15, 0.2) is 0 Å². The Morgan fingerprint density at radius 1 is 1.07 bits per heavy atom. The van der Waals surface area contributed by atoms with Crippen LogP contribution in [0.4, 0.5) is 0 Å². The lowest BCUT2D eigenvalue weighted by atomic mass is 9.93. The first-order valence-corrected chi connectivity index (χ1v) is 12.4. The fraction of sp³-hybridized carbons (Fsp3) is 0.769. The van der Waals surface area contributed by atoms with E-state index in [0.717, 1.165) is 56.1 Å². The smallest absolute Gasteiger partial charge is 0.123 e. The molecular formula is C26H40N2O2. The van der Waals surface area contributed by atoms with Crippen molar-refractivity contribution in [3.8, 4) is 5.75 Å². The molecule has 4 aliphatic rings. The molecule has 0 amide bonds. The summed E-state index contributed by atoms with van der Waals surface area (Å²) in [5.74, 6) is 3.69. The van der Waals surface area contributed by atoms with E-state index in [2.05, 4.69) is 41.8 Å². The fourth-order valence-electron chi connectivity index (χ4n) is 5.97. The summed E-state index contributed by atoms with van der Waals surface area (Å²) >= 11 is 0. The van der Waals surface area contributed by atoms with Crippen molar-refractivity contribution in [1.29, 1.82) is 0 Å². The van der Waals surface area contributed by atoms with Crippen LogP contribution < -0.4 is 4.74 Å². The quantitative estimate of drug-likeness (QED) is 0.592. The van der Waals surface area contributed by atoms with Gasteiger partial charge in [0.25, 0.3) is 0 Å². The number of likely N-dealkylation sites (tertiary alicyclic amines) is 2. The van der Waals surface area contributed by atoms with Crippen molar-refractivity contribution in [3.05, 3.63) is 29.3 Å². The van der Waals surface area contributed by atoms with Crippen LogP contribution >= 0.6 is 0 Å². The SMILES string of the molecule is CC1(C)CCc2cc(CN3C[C@@H]4C(COCCCN5CCCCC5)[C@@H]4C3)ccc2O1. The Bertz CT molecular complexity index is 716. The van der Waals surface area contributed by atoms with Gasteiger partial charge in [0.1, 0.15) is 11.4 Å². The number of benzene rings is 1. The maximum absolute atomic E-state index is 6.14. The van der Waals surface area contributed by atoms with Gasteiger partial charge in [-0.1, -0.05) is 18.6 Å². The predicted octanol–water partition coefficient (Wildman–Crippen LogP) is 4.36. The molecule has 4 nitrogen and oxygen atoms in total. The van der Waals surface area contributed by atoms with E-state index in [0.29, 0.717) is 0 Å². The van der Waals surface area contributed by atoms with E-state index in [1.54, 1.807) is 0 Å². The van der Waals surface area contributed by atoms with Crippen LogP contribution in [0.25, 0.3) is 0 Å². The average molecular weight is 413 g/mol. The highest BCUT2D eigenvalue weighted by atomic mass is 16.5. The first-order chi connectivity index (χ1) is 14.6. The fourth-order valence-corrected chi connectivity index (χ4v) is 5.97. The first kappa shape index (κ1) is 20.8. The summed E-state index contributed by atoms with van der Waals surface area (Å²) in [7, 11) is 0. The molecule has 5 rings (SSSR count). The van der Waals surface area contributed by atoms with E-state index < -0.39 is 0 Å². The summed E-state index contributed by atoms with van der Waals surface area (Å²) in [4.78, 5) is 5.27. The van der Waals surface area contributed by atoms with E-state index >= 15 is 0 Å². The second-order valence-corrected chi connectivity index (χ2v) is 10.8. The molecule has 0 aromatic heterocycles. The second-order valence-electron chi connectivity index (χ2n) is 10.8. The molecule has 0 radical (unpaired) electrons. The van der Waals surface area contributed by atoms with Gasteiger partial charge in [-0.25, -0.2) is 0 Å². The predicted molar refractivity (Wildman–Crippen MR) is 121 cm³/mol. The van der Waals surface area contributed by atoms with Gasteiger partial charge in [0.05, 0.1) is 6.61 Å². The molecule has 0 spiro atoms. The number of hydrogen-bond donors (Lipinski definition) is 0. The molecule has 1 aromatic rings. The van der Waals surface area contributed by atoms with Gasteiger partial charge in [0.2, 0.25) is 0 Å². The van der Waals surface area contributed by atoms with Gasteiger partial charge in [-0.15, -0.1) is 0 Å². The van der Waals surface area contributed by atoms with Gasteiger partial charge in [-0.2, -0.15) is 0 Å². The average Bonchev–Trinajstić information content (AvgIpc) is 3.18. The zero-order chi connectivity index (χ0) is 20.6. The highest BCUT2D eigenvalue weighted by Gasteiger charge is 2.55. The standard InChI is InChI=1S/C26H40N2O2/c1-26(2)10-9-21-15-20(7-8-25(21)30-26)16-28-17-22-23(18-28)24(22)19-29-14-6-13-27-11-4-3-5-12-27/h7-8,15,22-24H,3-6,9-14,16-19H2,1-2H3/t22-,23+,24?. The van der Waals surface area contributed by atoms with E-state index in [-0.39, 0.29) is 5.60 Å².